The third-order valence-electron chi connectivity index (χ3n) is 5.62. The summed E-state index contributed by atoms with van der Waals surface area (Å²) in [6.45, 7) is 6.79. The van der Waals surface area contributed by atoms with Crippen molar-refractivity contribution in [2.24, 2.45) is 5.10 Å². The maximum Gasteiger partial charge on any atom is 0.271 e. The van der Waals surface area contributed by atoms with Crippen LogP contribution in [0.2, 0.25) is 0 Å². The Hall–Kier alpha value is -3.58. The van der Waals surface area contributed by atoms with Gasteiger partial charge in [-0.1, -0.05) is 30.0 Å². The smallest absolute Gasteiger partial charge is 0.271 e. The molecule has 0 saturated carbocycles. The Morgan fingerprint density at radius 3 is 2.69 bits per heavy atom. The van der Waals surface area contributed by atoms with Crippen molar-refractivity contribution < 1.29 is 4.79 Å². The van der Waals surface area contributed by atoms with Crippen molar-refractivity contribution in [1.82, 2.24) is 15.0 Å². The quantitative estimate of drug-likeness (QED) is 0.276. The number of imidazole rings is 1. The van der Waals surface area contributed by atoms with Gasteiger partial charge in [0, 0.05) is 21.9 Å². The van der Waals surface area contributed by atoms with E-state index in [9.17, 15) is 4.79 Å². The van der Waals surface area contributed by atoms with Gasteiger partial charge in [0.15, 0.2) is 0 Å². The molecule has 6 nitrogen and oxygen atoms in total. The molecule has 0 bridgehead atoms. The SMILES string of the molecule is CCn1c(C)nc2cc(C(=O)N/N=C(/C)c3ccc4c(c3)Nc3ccccc3S4)ccc21. The molecule has 0 atom stereocenters. The van der Waals surface area contributed by atoms with Gasteiger partial charge in [-0.25, -0.2) is 10.4 Å². The number of carbonyl (C=O) groups is 1. The Kier molecular flexibility index (Phi) is 5.19. The average Bonchev–Trinajstić information content (AvgIpc) is 3.14. The fourth-order valence-corrected chi connectivity index (χ4v) is 4.89. The van der Waals surface area contributed by atoms with Gasteiger partial charge in [0.1, 0.15) is 5.82 Å². The van der Waals surface area contributed by atoms with Gasteiger partial charge >= 0.3 is 0 Å². The van der Waals surface area contributed by atoms with Crippen LogP contribution in [0.3, 0.4) is 0 Å². The molecule has 32 heavy (non-hydrogen) atoms. The van der Waals surface area contributed by atoms with Crippen LogP contribution >= 0.6 is 11.8 Å². The summed E-state index contributed by atoms with van der Waals surface area (Å²) < 4.78 is 2.13. The Balaban J connectivity index is 1.34. The first-order valence-electron chi connectivity index (χ1n) is 10.5. The van der Waals surface area contributed by atoms with Crippen molar-refractivity contribution in [3.8, 4) is 0 Å². The number of para-hydroxylation sites is 1. The highest BCUT2D eigenvalue weighted by Crippen LogP contribution is 2.44. The molecular formula is C25H23N5OS. The van der Waals surface area contributed by atoms with Crippen molar-refractivity contribution >= 4 is 45.8 Å². The van der Waals surface area contributed by atoms with Gasteiger partial charge in [0.25, 0.3) is 5.91 Å². The van der Waals surface area contributed by atoms with Gasteiger partial charge in [-0.15, -0.1) is 0 Å². The number of hydrogen-bond acceptors (Lipinski definition) is 5. The van der Waals surface area contributed by atoms with Crippen LogP contribution in [0, 0.1) is 6.92 Å². The molecule has 5 rings (SSSR count). The van der Waals surface area contributed by atoms with Gasteiger partial charge in [-0.2, -0.15) is 5.10 Å². The molecule has 1 aliphatic rings. The Morgan fingerprint density at radius 1 is 1.06 bits per heavy atom. The van der Waals surface area contributed by atoms with Crippen molar-refractivity contribution in [2.75, 3.05) is 5.32 Å². The number of aryl methyl sites for hydroxylation is 2. The van der Waals surface area contributed by atoms with Crippen LogP contribution < -0.4 is 10.7 Å². The van der Waals surface area contributed by atoms with Crippen molar-refractivity contribution in [3.05, 3.63) is 77.6 Å². The Morgan fingerprint density at radius 2 is 1.84 bits per heavy atom. The van der Waals surface area contributed by atoms with E-state index < -0.39 is 0 Å². The van der Waals surface area contributed by atoms with Crippen molar-refractivity contribution in [1.29, 1.82) is 0 Å². The zero-order chi connectivity index (χ0) is 22.2. The van der Waals surface area contributed by atoms with Gasteiger partial charge in [-0.3, -0.25) is 4.79 Å². The molecule has 2 N–H and O–H groups in total. The minimum absolute atomic E-state index is 0.254. The largest absolute Gasteiger partial charge is 0.354 e. The van der Waals surface area contributed by atoms with Crippen LogP contribution in [0.25, 0.3) is 11.0 Å². The van der Waals surface area contributed by atoms with Crippen LogP contribution in [0.1, 0.15) is 35.6 Å². The maximum atomic E-state index is 12.7. The highest BCUT2D eigenvalue weighted by molar-refractivity contribution is 7.99. The lowest BCUT2D eigenvalue weighted by molar-refractivity contribution is 0.0955. The Bertz CT molecular complexity index is 1390. The summed E-state index contributed by atoms with van der Waals surface area (Å²) in [6.07, 6.45) is 0. The fraction of sp³-hybridized carbons (Fsp3) is 0.160. The van der Waals surface area contributed by atoms with Gasteiger partial charge in [0.05, 0.1) is 28.1 Å². The lowest BCUT2D eigenvalue weighted by atomic mass is 10.1. The molecule has 0 aliphatic carbocycles. The second-order valence-corrected chi connectivity index (χ2v) is 8.76. The number of carbonyl (C=O) groups excluding carboxylic acids is 1. The lowest BCUT2D eigenvalue weighted by Gasteiger charge is -2.21. The summed E-state index contributed by atoms with van der Waals surface area (Å²) in [5.41, 5.74) is 8.89. The predicted octanol–water partition coefficient (Wildman–Crippen LogP) is 5.73. The van der Waals surface area contributed by atoms with Crippen LogP contribution in [-0.2, 0) is 6.54 Å². The number of anilines is 2. The lowest BCUT2D eigenvalue weighted by Crippen LogP contribution is -2.19. The standard InChI is InChI=1S/C25H23N5OS/c1-4-30-16(3)26-20-14-18(9-11-22(20)30)25(31)29-28-15(2)17-10-12-24-21(13-17)27-19-7-5-6-8-23(19)32-24/h5-14,27H,4H2,1-3H3,(H,29,31)/b28-15-. The average molecular weight is 442 g/mol. The molecule has 7 heteroatoms. The molecule has 4 aromatic rings. The van der Waals surface area contributed by atoms with E-state index in [1.54, 1.807) is 11.8 Å². The Labute approximate surface area is 190 Å². The van der Waals surface area contributed by atoms with E-state index in [4.69, 9.17) is 0 Å². The summed E-state index contributed by atoms with van der Waals surface area (Å²) in [6, 6.07) is 20.0. The minimum Gasteiger partial charge on any atom is -0.354 e. The summed E-state index contributed by atoms with van der Waals surface area (Å²) in [7, 11) is 0. The van der Waals surface area contributed by atoms with Crippen LogP contribution in [-0.4, -0.2) is 21.2 Å². The molecule has 2 heterocycles. The molecule has 1 aromatic heterocycles. The van der Waals surface area contributed by atoms with Gasteiger partial charge < -0.3 is 9.88 Å². The number of fused-ring (bicyclic) bond motifs is 3. The molecule has 0 fully saturated rings. The topological polar surface area (TPSA) is 71.3 Å². The monoisotopic (exact) mass is 441 g/mol. The number of hydrogen-bond donors (Lipinski definition) is 2. The third-order valence-corrected chi connectivity index (χ3v) is 6.77. The zero-order valence-corrected chi connectivity index (χ0v) is 19.0. The van der Waals surface area contributed by atoms with E-state index in [1.165, 1.54) is 9.79 Å². The first-order chi connectivity index (χ1) is 15.5. The highest BCUT2D eigenvalue weighted by Gasteiger charge is 2.16. The molecular weight excluding hydrogens is 418 g/mol. The molecule has 160 valence electrons. The van der Waals surface area contributed by atoms with E-state index in [-0.39, 0.29) is 5.91 Å². The van der Waals surface area contributed by atoms with E-state index in [1.807, 2.05) is 50.2 Å². The minimum atomic E-state index is -0.254. The molecule has 3 aromatic carbocycles. The number of aromatic nitrogens is 2. The van der Waals surface area contributed by atoms with Crippen LogP contribution in [0.15, 0.2) is 75.6 Å². The number of rotatable bonds is 4. The second-order valence-electron chi connectivity index (χ2n) is 7.68. The second kappa shape index (κ2) is 8.16. The number of nitrogens with one attached hydrogen (secondary N) is 2. The number of hydrazone groups is 1. The fourth-order valence-electron chi connectivity index (χ4n) is 3.92. The number of nitrogens with zero attached hydrogens (tertiary/aromatic N) is 3. The summed E-state index contributed by atoms with van der Waals surface area (Å²) in [5.74, 6) is 0.686. The zero-order valence-electron chi connectivity index (χ0n) is 18.1. The highest BCUT2D eigenvalue weighted by atomic mass is 32.2. The molecule has 0 unspecified atom stereocenters. The van der Waals surface area contributed by atoms with Crippen molar-refractivity contribution in [3.63, 3.8) is 0 Å². The molecule has 0 radical (unpaired) electrons. The molecule has 0 spiro atoms. The van der Waals surface area contributed by atoms with E-state index >= 15 is 0 Å². The molecule has 1 aliphatic heterocycles. The van der Waals surface area contributed by atoms with E-state index in [0.717, 1.165) is 46.1 Å². The summed E-state index contributed by atoms with van der Waals surface area (Å²) in [4.78, 5) is 19.6. The van der Waals surface area contributed by atoms with Crippen molar-refractivity contribution in [2.45, 2.75) is 37.1 Å². The van der Waals surface area contributed by atoms with Gasteiger partial charge in [0.2, 0.25) is 0 Å². The number of benzene rings is 3. The van der Waals surface area contributed by atoms with Gasteiger partial charge in [-0.05, 0) is 68.8 Å². The first-order valence-corrected chi connectivity index (χ1v) is 11.3. The summed E-state index contributed by atoms with van der Waals surface area (Å²) >= 11 is 1.74. The summed E-state index contributed by atoms with van der Waals surface area (Å²) in [5, 5.41) is 7.82. The third kappa shape index (κ3) is 3.65. The van der Waals surface area contributed by atoms with Crippen LogP contribution in [0.4, 0.5) is 11.4 Å². The van der Waals surface area contributed by atoms with E-state index in [2.05, 4.69) is 56.6 Å². The molecule has 1 amide bonds. The normalized spacial score (nSPS) is 12.8. The molecule has 0 saturated heterocycles. The predicted molar refractivity (Wildman–Crippen MR) is 130 cm³/mol. The van der Waals surface area contributed by atoms with Crippen LogP contribution in [0.5, 0.6) is 0 Å². The maximum absolute atomic E-state index is 12.7. The number of amides is 1. The first kappa shape index (κ1) is 20.3. The van der Waals surface area contributed by atoms with E-state index in [0.29, 0.717) is 5.56 Å².